The summed E-state index contributed by atoms with van der Waals surface area (Å²) in [4.78, 5) is 44.1. The highest BCUT2D eigenvalue weighted by Crippen LogP contribution is 2.36. The number of fused-ring (bicyclic) bond motifs is 6. The van der Waals surface area contributed by atoms with Crippen molar-refractivity contribution in [1.82, 2.24) is 88.3 Å². The molecule has 0 saturated carbocycles. The fourth-order valence-electron chi connectivity index (χ4n) is 11.5. The first kappa shape index (κ1) is 70.2. The molecule has 3 fully saturated rings. The number of carbonyl (C=O) groups excluding carboxylic acids is 2. The van der Waals surface area contributed by atoms with E-state index >= 15 is 0 Å². The molecule has 31 heteroatoms. The predicted octanol–water partition coefficient (Wildman–Crippen LogP) is 13.5. The Morgan fingerprint density at radius 3 is 1.20 bits per heavy atom. The van der Waals surface area contributed by atoms with Crippen LogP contribution in [0.5, 0.6) is 0 Å². The van der Waals surface area contributed by atoms with Crippen LogP contribution in [0.25, 0.3) is 81.4 Å². The van der Waals surface area contributed by atoms with Gasteiger partial charge >= 0.3 is 12.2 Å². The molecule has 3 aliphatic rings. The van der Waals surface area contributed by atoms with Crippen molar-refractivity contribution >= 4 is 135 Å². The summed E-state index contributed by atoms with van der Waals surface area (Å²) < 4.78 is 22.1. The van der Waals surface area contributed by atoms with Gasteiger partial charge in [-0.25, -0.2) is 38.1 Å². The van der Waals surface area contributed by atoms with Crippen molar-refractivity contribution < 1.29 is 19.1 Å². The third-order valence-electron chi connectivity index (χ3n) is 16.2. The highest BCUT2D eigenvalue weighted by molar-refractivity contribution is 9.11. The Balaban J connectivity index is 0.000000144. The zero-order valence-corrected chi connectivity index (χ0v) is 60.3. The van der Waals surface area contributed by atoms with E-state index in [1.165, 1.54) is 16.3 Å². The van der Waals surface area contributed by atoms with E-state index in [1.807, 2.05) is 150 Å². The van der Waals surface area contributed by atoms with Gasteiger partial charge in [-0.05, 0) is 151 Å². The Hall–Kier alpha value is -8.60. The quantitative estimate of drug-likeness (QED) is 0.167. The van der Waals surface area contributed by atoms with Crippen molar-refractivity contribution in [2.24, 2.45) is 27.1 Å². The molecule has 0 unspecified atom stereocenters. The average Bonchev–Trinajstić information content (AvgIpc) is 1.63. The SMILES string of the molecule is CC1CCN(C(=O)OC(C)(C)C)CC1.Cl.Cl.Cn1cc2cc(-c3cn4nc(Br)sc4n3)cc(C#N)c2n1.Cn1cc2cc(-c3cn4nc(C5CCN(C(=O)OC(C)(C)C)CC5)sc4n3)cc(C#N)c2n1.Cn1cc2cc(-c3cn4nc(C5CCNCC5)sc4n3)cc(C#N)c2n1. The number of aryl methyl sites for hydroxylation is 3. The fourth-order valence-corrected chi connectivity index (χ4v) is 14.9. The molecule has 9 aromatic heterocycles. The van der Waals surface area contributed by atoms with Crippen LogP contribution in [0.4, 0.5) is 9.59 Å². The van der Waals surface area contributed by atoms with Gasteiger partial charge < -0.3 is 24.6 Å². The summed E-state index contributed by atoms with van der Waals surface area (Å²) in [6.45, 7) is 18.7. The van der Waals surface area contributed by atoms with E-state index in [4.69, 9.17) is 29.6 Å². The van der Waals surface area contributed by atoms with E-state index in [0.29, 0.717) is 52.6 Å². The van der Waals surface area contributed by atoms with Gasteiger partial charge in [0.1, 0.15) is 56.0 Å². The lowest BCUT2D eigenvalue weighted by molar-refractivity contribution is 0.0184. The number of amides is 2. The van der Waals surface area contributed by atoms with E-state index in [1.54, 1.807) is 46.1 Å². The molecule has 0 bridgehead atoms. The normalized spacial score (nSPS) is 14.8. The van der Waals surface area contributed by atoms with Crippen LogP contribution >= 0.6 is 74.8 Å². The maximum absolute atomic E-state index is 12.3. The van der Waals surface area contributed by atoms with Crippen LogP contribution in [0.15, 0.2) is 77.5 Å². The van der Waals surface area contributed by atoms with Crippen LogP contribution in [0.1, 0.15) is 126 Å². The van der Waals surface area contributed by atoms with Gasteiger partial charge in [0, 0.05) is 111 Å². The molecule has 3 aromatic carbocycles. The fraction of sp³-hybridized carbons (Fsp3) is 0.415. The van der Waals surface area contributed by atoms with Gasteiger partial charge in [0.2, 0.25) is 14.9 Å². The Labute approximate surface area is 586 Å². The molecule has 0 radical (unpaired) electrons. The minimum Gasteiger partial charge on any atom is -0.444 e. The summed E-state index contributed by atoms with van der Waals surface area (Å²) >= 11 is 8.05. The maximum Gasteiger partial charge on any atom is 0.410 e. The zero-order chi connectivity index (χ0) is 66.3. The van der Waals surface area contributed by atoms with E-state index < -0.39 is 5.60 Å². The number of rotatable bonds is 5. The first-order chi connectivity index (χ1) is 44.9. The van der Waals surface area contributed by atoms with Crippen LogP contribution in [0, 0.1) is 39.9 Å². The standard InChI is InChI=1S/C23H25N7O2S.C18H17N7S.C13H7BrN6S.C11H21NO2.2ClH/c1-23(2,3)32-22(31)29-7-5-14(6-8-29)20-27-30-13-18(25-21(30)33-20)15-9-16(11-24)19-17(10-15)12-28(4)26-19;1-24-9-14-7-12(6-13(8-19)16(14)22-24)15-10-25-18(21-15)26-17(23-25)11-2-4-20-5-3-11;1-19-5-9-3-7(2-8(4-15)11(9)17-19)10-6-20-13(16-10)21-12(14)18-20;1-9-5-7-12(8-6-9)10(13)14-11(2,3)4;;/h9-10,12-14H,5-8H2,1-4H3;6-7,9-11,20H,2-5H2,1H3;2-3,5-6H,1H3;9H,5-8H2,1-4H3;2*1H. The first-order valence-electron chi connectivity index (χ1n) is 31.0. The number of likely N-dealkylation sites (tertiary alicyclic amines) is 2. The van der Waals surface area contributed by atoms with Crippen molar-refractivity contribution in [1.29, 1.82) is 15.8 Å². The monoisotopic (exact) mass is 1460 g/mol. The van der Waals surface area contributed by atoms with Gasteiger partial charge in [-0.1, -0.05) is 40.9 Å². The predicted molar refractivity (Wildman–Crippen MR) is 379 cm³/mol. The number of aromatic nitrogens is 15. The molecule has 2 amide bonds. The highest BCUT2D eigenvalue weighted by atomic mass is 79.9. The van der Waals surface area contributed by atoms with E-state index in [2.05, 4.69) is 71.8 Å². The third-order valence-corrected chi connectivity index (χ3v) is 19.7. The molecule has 12 aromatic rings. The molecular formula is C65H72BrCl2N21O4S3. The zero-order valence-electron chi connectivity index (χ0n) is 54.6. The summed E-state index contributed by atoms with van der Waals surface area (Å²) in [5.74, 6) is 1.58. The van der Waals surface area contributed by atoms with Gasteiger partial charge in [-0.15, -0.1) is 29.9 Å². The Morgan fingerprint density at radius 1 is 0.510 bits per heavy atom. The number of ether oxygens (including phenoxy) is 2. The number of nitrogens with one attached hydrogen (secondary N) is 1. The van der Waals surface area contributed by atoms with Gasteiger partial charge in [0.05, 0.1) is 52.4 Å². The lowest BCUT2D eigenvalue weighted by Gasteiger charge is -2.32. The summed E-state index contributed by atoms with van der Waals surface area (Å²) in [5.41, 5.74) is 8.02. The molecule has 15 rings (SSSR count). The number of hydrogen-bond acceptors (Lipinski definition) is 20. The highest BCUT2D eigenvalue weighted by Gasteiger charge is 2.31. The number of halogens is 3. The second-order valence-electron chi connectivity index (χ2n) is 25.8. The molecular weight excluding hydrogens is 1390 g/mol. The van der Waals surface area contributed by atoms with Crippen LogP contribution in [-0.4, -0.2) is 146 Å². The Morgan fingerprint density at radius 2 is 0.854 bits per heavy atom. The first-order valence-corrected chi connectivity index (χ1v) is 34.2. The minimum absolute atomic E-state index is 0. The number of piperidine rings is 3. The topological polar surface area (TPSA) is 287 Å². The lowest BCUT2D eigenvalue weighted by Crippen LogP contribution is -2.41. The largest absolute Gasteiger partial charge is 0.444 e. The Kier molecular flexibility index (Phi) is 21.2. The second-order valence-corrected chi connectivity index (χ2v) is 30.0. The smallest absolute Gasteiger partial charge is 0.410 e. The van der Waals surface area contributed by atoms with Gasteiger partial charge in [0.25, 0.3) is 0 Å². The molecule has 1 N–H and O–H groups in total. The van der Waals surface area contributed by atoms with Crippen molar-refractivity contribution in [3.8, 4) is 52.0 Å². The van der Waals surface area contributed by atoms with Gasteiger partial charge in [-0.3, -0.25) is 14.0 Å². The van der Waals surface area contributed by atoms with Crippen molar-refractivity contribution in [3.05, 3.63) is 104 Å². The maximum atomic E-state index is 12.3. The number of nitrogens with zero attached hydrogens (tertiary/aromatic N) is 20. The summed E-state index contributed by atoms with van der Waals surface area (Å²) in [6.07, 6.45) is 17.2. The van der Waals surface area contributed by atoms with Gasteiger partial charge in [0.15, 0.2) is 3.92 Å². The van der Waals surface area contributed by atoms with Crippen LogP contribution in [0.3, 0.4) is 0 Å². The molecule has 3 aliphatic heterocycles. The average molecular weight is 1460 g/mol. The molecule has 25 nitrogen and oxygen atoms in total. The molecule has 96 heavy (non-hydrogen) atoms. The molecule has 0 spiro atoms. The van der Waals surface area contributed by atoms with Crippen molar-refractivity contribution in [2.45, 2.75) is 110 Å². The van der Waals surface area contributed by atoms with Crippen LogP contribution in [0.2, 0.25) is 0 Å². The van der Waals surface area contributed by atoms with Crippen molar-refractivity contribution in [3.63, 3.8) is 0 Å². The summed E-state index contributed by atoms with van der Waals surface area (Å²) in [5, 5.41) is 63.5. The molecule has 3 saturated heterocycles. The van der Waals surface area contributed by atoms with E-state index in [-0.39, 0.29) is 42.6 Å². The molecule has 0 atom stereocenters. The number of hydrogen-bond donors (Lipinski definition) is 1. The summed E-state index contributed by atoms with van der Waals surface area (Å²) in [7, 11) is 5.55. The molecule has 12 heterocycles. The van der Waals surface area contributed by atoms with Crippen molar-refractivity contribution in [2.75, 3.05) is 39.3 Å². The second kappa shape index (κ2) is 29.0. The third kappa shape index (κ3) is 15.9. The number of carbonyl (C=O) groups is 2. The number of nitriles is 3. The summed E-state index contributed by atoms with van der Waals surface area (Å²) in [6, 6.07) is 18.2. The van der Waals surface area contributed by atoms with Crippen LogP contribution < -0.4 is 5.32 Å². The number of imidazole rings is 3. The molecule has 0 aliphatic carbocycles. The van der Waals surface area contributed by atoms with Crippen LogP contribution in [-0.2, 0) is 30.6 Å². The van der Waals surface area contributed by atoms with Gasteiger partial charge in [-0.2, -0.15) is 41.3 Å². The lowest BCUT2D eigenvalue weighted by atomic mass is 9.98. The van der Waals surface area contributed by atoms with E-state index in [9.17, 15) is 25.4 Å². The number of benzene rings is 3. The van der Waals surface area contributed by atoms with E-state index in [0.717, 1.165) is 150 Å². The Bertz CT molecular complexity index is 4840. The molecule has 500 valence electrons. The minimum atomic E-state index is -0.484.